The molecule has 18 heavy (non-hydrogen) atoms. The van der Waals surface area contributed by atoms with Crippen LogP contribution in [0.2, 0.25) is 0 Å². The van der Waals surface area contributed by atoms with Crippen LogP contribution in [0.3, 0.4) is 0 Å². The molecule has 0 aliphatic carbocycles. The summed E-state index contributed by atoms with van der Waals surface area (Å²) in [5.74, 6) is 1.37. The van der Waals surface area contributed by atoms with Gasteiger partial charge in [0.05, 0.1) is 0 Å². The van der Waals surface area contributed by atoms with Crippen LogP contribution in [-0.2, 0) is 6.42 Å². The molecule has 0 radical (unpaired) electrons. The molecule has 2 rings (SSSR count). The van der Waals surface area contributed by atoms with Crippen molar-refractivity contribution in [2.45, 2.75) is 26.3 Å². The molecule has 2 aromatic rings. The van der Waals surface area contributed by atoms with Crippen molar-refractivity contribution in [2.75, 3.05) is 0 Å². The van der Waals surface area contributed by atoms with Crippen molar-refractivity contribution in [2.24, 2.45) is 5.73 Å². The second-order valence-electron chi connectivity index (χ2n) is 4.29. The second kappa shape index (κ2) is 5.65. The third kappa shape index (κ3) is 2.87. The highest BCUT2D eigenvalue weighted by Crippen LogP contribution is 2.26. The molecule has 1 atom stereocenters. The van der Waals surface area contributed by atoms with Crippen molar-refractivity contribution >= 4 is 0 Å². The molecule has 0 bridgehead atoms. The number of ether oxygens (including phenoxy) is 1. The molecule has 0 unspecified atom stereocenters. The third-order valence-electron chi connectivity index (χ3n) is 2.84. The number of benzene rings is 1. The first-order valence-corrected chi connectivity index (χ1v) is 6.18. The predicted octanol–water partition coefficient (Wildman–Crippen LogP) is 3.46. The van der Waals surface area contributed by atoms with Crippen LogP contribution in [0.1, 0.15) is 31.0 Å². The number of hydrogen-bond donors (Lipinski definition) is 1. The van der Waals surface area contributed by atoms with Crippen LogP contribution in [0.4, 0.5) is 0 Å². The summed E-state index contributed by atoms with van der Waals surface area (Å²) in [7, 11) is 0. The first-order chi connectivity index (χ1) is 8.70. The van der Waals surface area contributed by atoms with E-state index >= 15 is 0 Å². The molecule has 0 saturated heterocycles. The van der Waals surface area contributed by atoms with Gasteiger partial charge >= 0.3 is 0 Å². The molecule has 0 aliphatic heterocycles. The molecule has 94 valence electrons. The van der Waals surface area contributed by atoms with E-state index in [0.717, 1.165) is 17.7 Å². The molecule has 3 nitrogen and oxygen atoms in total. The van der Waals surface area contributed by atoms with Gasteiger partial charge < -0.3 is 10.5 Å². The summed E-state index contributed by atoms with van der Waals surface area (Å²) in [4.78, 5) is 4.24. The van der Waals surface area contributed by atoms with Gasteiger partial charge in [-0.15, -0.1) is 0 Å². The highest BCUT2D eigenvalue weighted by Gasteiger charge is 2.09. The maximum absolute atomic E-state index is 5.89. The lowest BCUT2D eigenvalue weighted by Crippen LogP contribution is -2.07. The highest BCUT2D eigenvalue weighted by atomic mass is 16.5. The summed E-state index contributed by atoms with van der Waals surface area (Å²) in [6.07, 6.45) is 2.73. The van der Waals surface area contributed by atoms with E-state index in [1.807, 2.05) is 31.2 Å². The van der Waals surface area contributed by atoms with E-state index in [1.165, 1.54) is 5.56 Å². The van der Waals surface area contributed by atoms with Crippen molar-refractivity contribution in [3.05, 3.63) is 53.7 Å². The average Bonchev–Trinajstić information content (AvgIpc) is 2.40. The van der Waals surface area contributed by atoms with Crippen LogP contribution in [0.15, 0.2) is 42.6 Å². The highest BCUT2D eigenvalue weighted by molar-refractivity contribution is 5.35. The van der Waals surface area contributed by atoms with Gasteiger partial charge in [0.2, 0.25) is 5.88 Å². The summed E-state index contributed by atoms with van der Waals surface area (Å²) < 4.78 is 5.78. The lowest BCUT2D eigenvalue weighted by molar-refractivity contribution is 0.452. The van der Waals surface area contributed by atoms with Crippen molar-refractivity contribution < 1.29 is 4.74 Å². The van der Waals surface area contributed by atoms with Crippen molar-refractivity contribution in [1.29, 1.82) is 0 Å². The van der Waals surface area contributed by atoms with Crippen LogP contribution >= 0.6 is 0 Å². The average molecular weight is 242 g/mol. The van der Waals surface area contributed by atoms with Crippen molar-refractivity contribution in [3.63, 3.8) is 0 Å². The number of rotatable bonds is 4. The minimum atomic E-state index is -0.0939. The third-order valence-corrected chi connectivity index (χ3v) is 2.84. The van der Waals surface area contributed by atoms with E-state index < -0.39 is 0 Å². The molecule has 1 heterocycles. The Hall–Kier alpha value is -1.87. The molecule has 0 fully saturated rings. The predicted molar refractivity (Wildman–Crippen MR) is 72.7 cm³/mol. The number of nitrogens with zero attached hydrogens (tertiary/aromatic N) is 1. The van der Waals surface area contributed by atoms with Gasteiger partial charge in [-0.25, -0.2) is 4.98 Å². The topological polar surface area (TPSA) is 48.1 Å². The number of aromatic nitrogens is 1. The Morgan fingerprint density at radius 2 is 1.94 bits per heavy atom. The largest absolute Gasteiger partial charge is 0.439 e. The molecule has 3 heteroatoms. The summed E-state index contributed by atoms with van der Waals surface area (Å²) in [6, 6.07) is 11.7. The maximum atomic E-state index is 5.89. The van der Waals surface area contributed by atoms with Gasteiger partial charge in [0.15, 0.2) is 0 Å². The van der Waals surface area contributed by atoms with Crippen LogP contribution in [-0.4, -0.2) is 4.98 Å². The van der Waals surface area contributed by atoms with E-state index in [2.05, 4.69) is 24.0 Å². The Balaban J connectivity index is 2.22. The Morgan fingerprint density at radius 1 is 1.22 bits per heavy atom. The van der Waals surface area contributed by atoms with Gasteiger partial charge in [-0.05, 0) is 37.1 Å². The zero-order valence-electron chi connectivity index (χ0n) is 10.8. The maximum Gasteiger partial charge on any atom is 0.223 e. The first-order valence-electron chi connectivity index (χ1n) is 6.18. The van der Waals surface area contributed by atoms with Gasteiger partial charge in [0.1, 0.15) is 5.75 Å². The van der Waals surface area contributed by atoms with Crippen LogP contribution < -0.4 is 10.5 Å². The molecule has 0 saturated carbocycles. The van der Waals surface area contributed by atoms with E-state index in [1.54, 1.807) is 6.20 Å². The quantitative estimate of drug-likeness (QED) is 0.893. The summed E-state index contributed by atoms with van der Waals surface area (Å²) >= 11 is 0. The molecule has 0 aliphatic rings. The molecule has 0 spiro atoms. The van der Waals surface area contributed by atoms with Gasteiger partial charge in [0.25, 0.3) is 0 Å². The summed E-state index contributed by atoms with van der Waals surface area (Å²) in [5.41, 5.74) is 8.10. The fourth-order valence-corrected chi connectivity index (χ4v) is 1.74. The number of pyridine rings is 1. The number of hydrogen-bond acceptors (Lipinski definition) is 3. The van der Waals surface area contributed by atoms with Gasteiger partial charge in [0, 0.05) is 17.8 Å². The second-order valence-corrected chi connectivity index (χ2v) is 4.29. The summed E-state index contributed by atoms with van der Waals surface area (Å²) in [6.45, 7) is 4.05. The molecule has 0 amide bonds. The normalized spacial score (nSPS) is 12.2. The molecular weight excluding hydrogens is 224 g/mol. The van der Waals surface area contributed by atoms with E-state index in [0.29, 0.717) is 5.88 Å². The van der Waals surface area contributed by atoms with Crippen molar-refractivity contribution in [1.82, 2.24) is 4.98 Å². The molecule has 1 aromatic carbocycles. The standard InChI is InChI=1S/C15H18N2O/c1-3-12-6-8-13(9-7-12)18-15-14(11(2)16)5-4-10-17-15/h4-11H,3,16H2,1-2H3/t11-/m0/s1. The number of aryl methyl sites for hydroxylation is 1. The summed E-state index contributed by atoms with van der Waals surface area (Å²) in [5, 5.41) is 0. The fraction of sp³-hybridized carbons (Fsp3) is 0.267. The van der Waals surface area contributed by atoms with Gasteiger partial charge in [-0.1, -0.05) is 25.1 Å². The van der Waals surface area contributed by atoms with Gasteiger partial charge in [-0.3, -0.25) is 0 Å². The van der Waals surface area contributed by atoms with Crippen molar-refractivity contribution in [3.8, 4) is 11.6 Å². The SMILES string of the molecule is CCc1ccc(Oc2ncccc2[C@H](C)N)cc1. The van der Waals surface area contributed by atoms with Crippen LogP contribution in [0, 0.1) is 0 Å². The lowest BCUT2D eigenvalue weighted by Gasteiger charge is -2.12. The zero-order valence-corrected chi connectivity index (χ0v) is 10.8. The minimum absolute atomic E-state index is 0.0939. The fourth-order valence-electron chi connectivity index (χ4n) is 1.74. The number of nitrogens with two attached hydrogens (primary N) is 1. The van der Waals surface area contributed by atoms with E-state index in [4.69, 9.17) is 10.5 Å². The Bertz CT molecular complexity index is 506. The van der Waals surface area contributed by atoms with Crippen LogP contribution in [0.25, 0.3) is 0 Å². The smallest absolute Gasteiger partial charge is 0.223 e. The molecule has 2 N–H and O–H groups in total. The van der Waals surface area contributed by atoms with E-state index in [9.17, 15) is 0 Å². The molecule has 1 aromatic heterocycles. The Labute approximate surface area is 108 Å². The van der Waals surface area contributed by atoms with E-state index in [-0.39, 0.29) is 6.04 Å². The first kappa shape index (κ1) is 12.6. The molecular formula is C15H18N2O. The monoisotopic (exact) mass is 242 g/mol. The minimum Gasteiger partial charge on any atom is -0.439 e. The lowest BCUT2D eigenvalue weighted by atomic mass is 10.1. The van der Waals surface area contributed by atoms with Crippen LogP contribution in [0.5, 0.6) is 11.6 Å². The Kier molecular flexibility index (Phi) is 3.95. The Morgan fingerprint density at radius 3 is 2.56 bits per heavy atom. The van der Waals surface area contributed by atoms with Gasteiger partial charge in [-0.2, -0.15) is 0 Å². The zero-order chi connectivity index (χ0) is 13.0.